The lowest BCUT2D eigenvalue weighted by Crippen LogP contribution is -2.32. The van der Waals surface area contributed by atoms with Crippen molar-refractivity contribution in [2.45, 2.75) is 59.4 Å². The molecule has 0 aromatic carbocycles. The van der Waals surface area contributed by atoms with Gasteiger partial charge in [0.05, 0.1) is 18.6 Å². The van der Waals surface area contributed by atoms with Crippen molar-refractivity contribution in [2.24, 2.45) is 0 Å². The number of rotatable bonds is 7. The van der Waals surface area contributed by atoms with Gasteiger partial charge in [0.2, 0.25) is 0 Å². The predicted octanol–water partition coefficient (Wildman–Crippen LogP) is 1.68. The molecular weight excluding hydrogens is 224 g/mol. The molecule has 0 rings (SSSR count). The molecule has 0 N–H and O–H groups in total. The van der Waals surface area contributed by atoms with Gasteiger partial charge in [-0.25, -0.2) is 4.79 Å². The maximum atomic E-state index is 11.6. The Morgan fingerprint density at radius 1 is 1.00 bits per heavy atom. The lowest BCUT2D eigenvalue weighted by molar-refractivity contribution is -0.167. The highest BCUT2D eigenvalue weighted by atomic mass is 16.6. The topological polar surface area (TPSA) is 61.8 Å². The van der Waals surface area contributed by atoms with Crippen LogP contribution >= 0.6 is 0 Å². The Kier molecular flexibility index (Phi) is 7.54. The van der Waals surface area contributed by atoms with E-state index in [1.807, 2.05) is 0 Å². The number of carbonyl (C=O) groups is 2. The van der Waals surface area contributed by atoms with Crippen LogP contribution in [0.25, 0.3) is 0 Å². The van der Waals surface area contributed by atoms with Crippen molar-refractivity contribution in [3.8, 4) is 0 Å². The van der Waals surface area contributed by atoms with E-state index in [4.69, 9.17) is 14.2 Å². The maximum absolute atomic E-state index is 11.6. The minimum Gasteiger partial charge on any atom is -0.463 e. The van der Waals surface area contributed by atoms with Crippen LogP contribution in [0.5, 0.6) is 0 Å². The van der Waals surface area contributed by atoms with Crippen molar-refractivity contribution in [1.29, 1.82) is 0 Å². The molecule has 5 nitrogen and oxygen atoms in total. The molecule has 0 aromatic rings. The van der Waals surface area contributed by atoms with Crippen LogP contribution in [0.3, 0.4) is 0 Å². The summed E-state index contributed by atoms with van der Waals surface area (Å²) >= 11 is 0. The summed E-state index contributed by atoms with van der Waals surface area (Å²) < 4.78 is 15.1. The van der Waals surface area contributed by atoms with Crippen molar-refractivity contribution in [1.82, 2.24) is 0 Å². The fourth-order valence-electron chi connectivity index (χ4n) is 1.18. The second kappa shape index (κ2) is 8.06. The number of carbonyl (C=O) groups excluding carboxylic acids is 2. The molecular formula is C12H22O5. The molecule has 0 bridgehead atoms. The second-order valence-corrected chi connectivity index (χ2v) is 4.17. The van der Waals surface area contributed by atoms with Gasteiger partial charge in [-0.15, -0.1) is 0 Å². The average molecular weight is 246 g/mol. The Morgan fingerprint density at radius 3 is 1.94 bits per heavy atom. The summed E-state index contributed by atoms with van der Waals surface area (Å²) in [5.74, 6) is -0.985. The molecule has 17 heavy (non-hydrogen) atoms. The smallest absolute Gasteiger partial charge is 0.336 e. The number of esters is 2. The molecule has 0 aliphatic heterocycles. The molecule has 0 radical (unpaired) electrons. The Hall–Kier alpha value is -1.10. The predicted molar refractivity (Wildman–Crippen MR) is 62.5 cm³/mol. The average Bonchev–Trinajstić information content (AvgIpc) is 2.14. The van der Waals surface area contributed by atoms with E-state index >= 15 is 0 Å². The zero-order chi connectivity index (χ0) is 13.4. The Balaban J connectivity index is 4.31. The fraction of sp³-hybridized carbons (Fsp3) is 0.833. The first kappa shape index (κ1) is 15.9. The van der Waals surface area contributed by atoms with Crippen LogP contribution in [0.1, 0.15) is 41.0 Å². The minimum absolute atomic E-state index is 0.114. The zero-order valence-electron chi connectivity index (χ0n) is 11.2. The summed E-state index contributed by atoms with van der Waals surface area (Å²) in [4.78, 5) is 23.0. The molecule has 1 atom stereocenters. The number of hydrogen-bond acceptors (Lipinski definition) is 5. The van der Waals surface area contributed by atoms with E-state index in [9.17, 15) is 9.59 Å². The number of ether oxygens (including phenoxy) is 3. The minimum atomic E-state index is -0.881. The van der Waals surface area contributed by atoms with Crippen LogP contribution in [0.15, 0.2) is 0 Å². The molecule has 0 heterocycles. The summed E-state index contributed by atoms with van der Waals surface area (Å²) in [5, 5.41) is 0. The third kappa shape index (κ3) is 7.74. The summed E-state index contributed by atoms with van der Waals surface area (Å²) in [5.41, 5.74) is 0. The van der Waals surface area contributed by atoms with Gasteiger partial charge < -0.3 is 14.2 Å². The molecule has 0 saturated heterocycles. The molecule has 5 heteroatoms. The first-order chi connectivity index (χ1) is 7.86. The first-order valence-electron chi connectivity index (χ1n) is 5.88. The lowest BCUT2D eigenvalue weighted by Gasteiger charge is -2.17. The van der Waals surface area contributed by atoms with E-state index in [2.05, 4.69) is 0 Å². The van der Waals surface area contributed by atoms with E-state index in [-0.39, 0.29) is 18.6 Å². The van der Waals surface area contributed by atoms with E-state index in [0.717, 1.165) is 0 Å². The van der Waals surface area contributed by atoms with Crippen molar-refractivity contribution in [3.63, 3.8) is 0 Å². The largest absolute Gasteiger partial charge is 0.463 e. The van der Waals surface area contributed by atoms with E-state index in [1.54, 1.807) is 34.6 Å². The van der Waals surface area contributed by atoms with Crippen LogP contribution in [0.4, 0.5) is 0 Å². The van der Waals surface area contributed by atoms with Crippen molar-refractivity contribution in [2.75, 3.05) is 6.61 Å². The second-order valence-electron chi connectivity index (χ2n) is 4.17. The highest BCUT2D eigenvalue weighted by molar-refractivity contribution is 5.82. The van der Waals surface area contributed by atoms with E-state index in [1.165, 1.54) is 0 Å². The molecule has 0 aliphatic carbocycles. The van der Waals surface area contributed by atoms with Gasteiger partial charge in [0.1, 0.15) is 0 Å². The molecule has 0 spiro atoms. The van der Waals surface area contributed by atoms with Gasteiger partial charge in [-0.1, -0.05) is 0 Å². The van der Waals surface area contributed by atoms with E-state index in [0.29, 0.717) is 6.61 Å². The standard InChI is InChI=1S/C12H22O5/c1-6-15-10(12(14)17-9(4)5)7-11(13)16-8(2)3/h8-10H,6-7H2,1-5H3/t10-/m0/s1. The van der Waals surface area contributed by atoms with Gasteiger partial charge in [0, 0.05) is 6.61 Å². The molecule has 0 aromatic heterocycles. The van der Waals surface area contributed by atoms with Crippen LogP contribution in [-0.2, 0) is 23.8 Å². The summed E-state index contributed by atoms with van der Waals surface area (Å²) in [6.07, 6.45) is -1.43. The van der Waals surface area contributed by atoms with Gasteiger partial charge in [0.15, 0.2) is 6.10 Å². The summed E-state index contributed by atoms with van der Waals surface area (Å²) in [6.45, 7) is 9.08. The molecule has 0 aliphatic rings. The van der Waals surface area contributed by atoms with Gasteiger partial charge in [-0.3, -0.25) is 4.79 Å². The Bertz CT molecular complexity index is 247. The quantitative estimate of drug-likeness (QED) is 0.640. The fourth-order valence-corrected chi connectivity index (χ4v) is 1.18. The van der Waals surface area contributed by atoms with Gasteiger partial charge in [-0.05, 0) is 34.6 Å². The monoisotopic (exact) mass is 246 g/mol. The third-order valence-electron chi connectivity index (χ3n) is 1.70. The van der Waals surface area contributed by atoms with Crippen LogP contribution in [-0.4, -0.2) is 36.9 Å². The van der Waals surface area contributed by atoms with Gasteiger partial charge >= 0.3 is 11.9 Å². The Labute approximate surface area is 102 Å². The molecule has 0 amide bonds. The van der Waals surface area contributed by atoms with Crippen molar-refractivity contribution < 1.29 is 23.8 Å². The van der Waals surface area contributed by atoms with Crippen LogP contribution in [0, 0.1) is 0 Å². The maximum Gasteiger partial charge on any atom is 0.336 e. The molecule has 100 valence electrons. The SMILES string of the molecule is CCO[C@@H](CC(=O)OC(C)C)C(=O)OC(C)C. The molecule has 0 unspecified atom stereocenters. The summed E-state index contributed by atoms with van der Waals surface area (Å²) in [7, 11) is 0. The van der Waals surface area contributed by atoms with Crippen LogP contribution < -0.4 is 0 Å². The zero-order valence-corrected chi connectivity index (χ0v) is 11.2. The van der Waals surface area contributed by atoms with E-state index < -0.39 is 18.0 Å². The number of hydrogen-bond donors (Lipinski definition) is 0. The first-order valence-corrected chi connectivity index (χ1v) is 5.88. The van der Waals surface area contributed by atoms with Crippen LogP contribution in [0.2, 0.25) is 0 Å². The van der Waals surface area contributed by atoms with Gasteiger partial charge in [0.25, 0.3) is 0 Å². The normalized spacial score (nSPS) is 12.6. The molecule has 0 saturated carbocycles. The molecule has 0 fully saturated rings. The van der Waals surface area contributed by atoms with Crippen molar-refractivity contribution >= 4 is 11.9 Å². The summed E-state index contributed by atoms with van der Waals surface area (Å²) in [6, 6.07) is 0. The Morgan fingerprint density at radius 2 is 1.53 bits per heavy atom. The highest BCUT2D eigenvalue weighted by Gasteiger charge is 2.25. The highest BCUT2D eigenvalue weighted by Crippen LogP contribution is 2.06. The lowest BCUT2D eigenvalue weighted by atomic mass is 10.2. The third-order valence-corrected chi connectivity index (χ3v) is 1.70. The van der Waals surface area contributed by atoms with Gasteiger partial charge in [-0.2, -0.15) is 0 Å². The van der Waals surface area contributed by atoms with Crippen molar-refractivity contribution in [3.05, 3.63) is 0 Å².